The molecule has 2 N–H and O–H groups in total. The first-order valence-corrected chi connectivity index (χ1v) is 9.51. The standard InChI is InChI=1S/C15H14Br2IN3/c16-10-6-5-9(7-11(10)17)15-20-13(8-3-1-2-4-8)12(18)14(19)21-15/h5-8H,1-4H2,(H2,19,20,21). The van der Waals surface area contributed by atoms with Gasteiger partial charge in [-0.25, -0.2) is 9.97 Å². The van der Waals surface area contributed by atoms with Crippen molar-refractivity contribution in [2.24, 2.45) is 0 Å². The van der Waals surface area contributed by atoms with Crippen LogP contribution in [0.5, 0.6) is 0 Å². The summed E-state index contributed by atoms with van der Waals surface area (Å²) in [6.07, 6.45) is 4.97. The molecule has 1 aromatic carbocycles. The van der Waals surface area contributed by atoms with Gasteiger partial charge >= 0.3 is 0 Å². The first kappa shape index (κ1) is 15.7. The highest BCUT2D eigenvalue weighted by Crippen LogP contribution is 2.37. The van der Waals surface area contributed by atoms with Gasteiger partial charge < -0.3 is 5.73 Å². The molecular weight excluding hydrogens is 509 g/mol. The van der Waals surface area contributed by atoms with Gasteiger partial charge in [0.05, 0.1) is 9.26 Å². The summed E-state index contributed by atoms with van der Waals surface area (Å²) in [5.41, 5.74) is 8.21. The van der Waals surface area contributed by atoms with Crippen LogP contribution >= 0.6 is 54.5 Å². The Morgan fingerprint density at radius 1 is 1.10 bits per heavy atom. The molecule has 0 atom stereocenters. The molecular formula is C15H14Br2IN3. The molecule has 1 fully saturated rings. The number of rotatable bonds is 2. The molecule has 0 aliphatic heterocycles. The van der Waals surface area contributed by atoms with Gasteiger partial charge in [0.1, 0.15) is 5.82 Å². The lowest BCUT2D eigenvalue weighted by Gasteiger charge is -2.14. The van der Waals surface area contributed by atoms with E-state index in [-0.39, 0.29) is 0 Å². The maximum absolute atomic E-state index is 6.11. The molecule has 3 rings (SSSR count). The number of hydrogen-bond donors (Lipinski definition) is 1. The van der Waals surface area contributed by atoms with Crippen molar-refractivity contribution in [2.75, 3.05) is 5.73 Å². The average Bonchev–Trinajstić information content (AvgIpc) is 2.98. The molecule has 0 saturated heterocycles. The van der Waals surface area contributed by atoms with E-state index in [0.717, 1.165) is 23.8 Å². The van der Waals surface area contributed by atoms with E-state index >= 15 is 0 Å². The molecule has 1 saturated carbocycles. The van der Waals surface area contributed by atoms with Crippen LogP contribution < -0.4 is 5.73 Å². The number of halogens is 3. The highest BCUT2D eigenvalue weighted by molar-refractivity contribution is 14.1. The summed E-state index contributed by atoms with van der Waals surface area (Å²) >= 11 is 9.28. The van der Waals surface area contributed by atoms with E-state index in [9.17, 15) is 0 Å². The number of nitrogens with zero attached hydrogens (tertiary/aromatic N) is 2. The normalized spacial score (nSPS) is 15.6. The lowest BCUT2D eigenvalue weighted by molar-refractivity contribution is 0.691. The fourth-order valence-corrected chi connectivity index (χ4v) is 4.02. The van der Waals surface area contributed by atoms with Crippen LogP contribution in [0.3, 0.4) is 0 Å². The number of nitrogen functional groups attached to an aromatic ring is 1. The molecule has 1 aliphatic rings. The molecule has 1 aromatic heterocycles. The second kappa shape index (κ2) is 6.50. The molecule has 0 unspecified atom stereocenters. The molecule has 0 bridgehead atoms. The van der Waals surface area contributed by atoms with Crippen LogP contribution in [0.4, 0.5) is 5.82 Å². The molecule has 0 amide bonds. The fraction of sp³-hybridized carbons (Fsp3) is 0.333. The Hall–Kier alpha value is -0.210. The van der Waals surface area contributed by atoms with Crippen molar-refractivity contribution in [3.05, 3.63) is 36.4 Å². The van der Waals surface area contributed by atoms with E-state index < -0.39 is 0 Å². The Bertz CT molecular complexity index is 685. The first-order valence-electron chi connectivity index (χ1n) is 6.84. The Morgan fingerprint density at radius 3 is 2.48 bits per heavy atom. The average molecular weight is 523 g/mol. The maximum atomic E-state index is 6.11. The van der Waals surface area contributed by atoms with Crippen molar-refractivity contribution in [3.63, 3.8) is 0 Å². The molecule has 1 aliphatic carbocycles. The zero-order valence-electron chi connectivity index (χ0n) is 11.2. The number of benzene rings is 1. The van der Waals surface area contributed by atoms with Crippen LogP contribution in [-0.4, -0.2) is 9.97 Å². The summed E-state index contributed by atoms with van der Waals surface area (Å²) < 4.78 is 3.02. The van der Waals surface area contributed by atoms with Crippen molar-refractivity contribution in [1.29, 1.82) is 0 Å². The Balaban J connectivity index is 2.08. The largest absolute Gasteiger partial charge is 0.383 e. The summed E-state index contributed by atoms with van der Waals surface area (Å²) in [7, 11) is 0. The summed E-state index contributed by atoms with van der Waals surface area (Å²) in [5.74, 6) is 1.82. The predicted molar refractivity (Wildman–Crippen MR) is 101 cm³/mol. The third-order valence-electron chi connectivity index (χ3n) is 3.82. The zero-order valence-corrected chi connectivity index (χ0v) is 16.6. The highest BCUT2D eigenvalue weighted by Gasteiger charge is 2.23. The van der Waals surface area contributed by atoms with Crippen LogP contribution in [0.25, 0.3) is 11.4 Å². The maximum Gasteiger partial charge on any atom is 0.161 e. The van der Waals surface area contributed by atoms with Crippen molar-refractivity contribution in [1.82, 2.24) is 9.97 Å². The van der Waals surface area contributed by atoms with Gasteiger partial charge in [-0.2, -0.15) is 0 Å². The van der Waals surface area contributed by atoms with Crippen molar-refractivity contribution >= 4 is 60.3 Å². The molecule has 3 nitrogen and oxygen atoms in total. The van der Waals surface area contributed by atoms with Gasteiger partial charge in [0.2, 0.25) is 0 Å². The number of hydrogen-bond acceptors (Lipinski definition) is 3. The van der Waals surface area contributed by atoms with E-state index in [1.165, 1.54) is 25.7 Å². The molecule has 6 heteroatoms. The quantitative estimate of drug-likeness (QED) is 0.529. The van der Waals surface area contributed by atoms with E-state index in [2.05, 4.69) is 59.4 Å². The van der Waals surface area contributed by atoms with Gasteiger partial charge in [-0.15, -0.1) is 0 Å². The highest BCUT2D eigenvalue weighted by atomic mass is 127. The topological polar surface area (TPSA) is 51.8 Å². The van der Waals surface area contributed by atoms with E-state index in [0.29, 0.717) is 17.6 Å². The van der Waals surface area contributed by atoms with E-state index in [4.69, 9.17) is 10.7 Å². The SMILES string of the molecule is Nc1nc(-c2ccc(Br)c(Br)c2)nc(C2CCCC2)c1I. The minimum atomic E-state index is 0.528. The fourth-order valence-electron chi connectivity index (χ4n) is 2.72. The minimum absolute atomic E-state index is 0.528. The monoisotopic (exact) mass is 521 g/mol. The first-order chi connectivity index (χ1) is 10.1. The van der Waals surface area contributed by atoms with Crippen LogP contribution in [0.1, 0.15) is 37.3 Å². The van der Waals surface area contributed by atoms with Crippen molar-refractivity contribution in [3.8, 4) is 11.4 Å². The Labute approximate surface area is 154 Å². The third kappa shape index (κ3) is 3.27. The molecule has 0 radical (unpaired) electrons. The van der Waals surface area contributed by atoms with Gasteiger partial charge in [0.25, 0.3) is 0 Å². The molecule has 2 aromatic rings. The molecule has 0 spiro atoms. The summed E-state index contributed by atoms with van der Waals surface area (Å²) in [4.78, 5) is 9.29. The van der Waals surface area contributed by atoms with Crippen LogP contribution in [0.15, 0.2) is 27.1 Å². The van der Waals surface area contributed by atoms with Gasteiger partial charge in [0, 0.05) is 20.4 Å². The second-order valence-corrected chi connectivity index (χ2v) is 8.03. The third-order valence-corrected chi connectivity index (χ3v) is 6.81. The van der Waals surface area contributed by atoms with Gasteiger partial charge in [-0.05, 0) is 85.5 Å². The molecule has 110 valence electrons. The van der Waals surface area contributed by atoms with Crippen LogP contribution in [0.2, 0.25) is 0 Å². The van der Waals surface area contributed by atoms with Crippen molar-refractivity contribution in [2.45, 2.75) is 31.6 Å². The smallest absolute Gasteiger partial charge is 0.161 e. The van der Waals surface area contributed by atoms with Gasteiger partial charge in [-0.1, -0.05) is 12.8 Å². The van der Waals surface area contributed by atoms with E-state index in [1.54, 1.807) is 0 Å². The Kier molecular flexibility index (Phi) is 4.85. The lowest BCUT2D eigenvalue weighted by Crippen LogP contribution is -2.07. The van der Waals surface area contributed by atoms with Gasteiger partial charge in [0.15, 0.2) is 5.82 Å². The zero-order chi connectivity index (χ0) is 15.0. The number of aromatic nitrogens is 2. The number of nitrogens with two attached hydrogens (primary N) is 1. The summed E-state index contributed by atoms with van der Waals surface area (Å²) in [6.45, 7) is 0. The predicted octanol–water partition coefficient (Wildman–Crippen LogP) is 5.51. The van der Waals surface area contributed by atoms with E-state index in [1.807, 2.05) is 18.2 Å². The van der Waals surface area contributed by atoms with Gasteiger partial charge in [-0.3, -0.25) is 0 Å². The second-order valence-electron chi connectivity index (χ2n) is 5.24. The molecule has 1 heterocycles. The molecule has 21 heavy (non-hydrogen) atoms. The summed E-state index contributed by atoms with van der Waals surface area (Å²) in [5, 5.41) is 0. The minimum Gasteiger partial charge on any atom is -0.383 e. The lowest BCUT2D eigenvalue weighted by atomic mass is 10.0. The van der Waals surface area contributed by atoms with Crippen molar-refractivity contribution < 1.29 is 0 Å². The Morgan fingerprint density at radius 2 is 1.81 bits per heavy atom. The number of anilines is 1. The van der Waals surface area contributed by atoms with Crippen LogP contribution in [0, 0.1) is 3.57 Å². The van der Waals surface area contributed by atoms with Crippen LogP contribution in [-0.2, 0) is 0 Å². The summed E-state index contributed by atoms with van der Waals surface area (Å²) in [6, 6.07) is 6.02.